The zero-order chi connectivity index (χ0) is 17.1. The first-order chi connectivity index (χ1) is 11.5. The Morgan fingerprint density at radius 3 is 2.67 bits per heavy atom. The third-order valence-electron chi connectivity index (χ3n) is 3.66. The molecule has 0 unspecified atom stereocenters. The SMILES string of the molecule is Cc1ccc(C)c(SCc2csc(Cc3ccc(Cl)c(Cl)c3)n2)c1. The molecule has 0 aliphatic rings. The molecule has 1 aromatic heterocycles. The summed E-state index contributed by atoms with van der Waals surface area (Å²) in [6.45, 7) is 4.28. The lowest BCUT2D eigenvalue weighted by atomic mass is 10.2. The van der Waals surface area contributed by atoms with Crippen LogP contribution in [0, 0.1) is 13.8 Å². The summed E-state index contributed by atoms with van der Waals surface area (Å²) < 4.78 is 0. The first-order valence-electron chi connectivity index (χ1n) is 7.58. The monoisotopic (exact) mass is 393 g/mol. The normalized spacial score (nSPS) is 11.0. The molecule has 3 rings (SSSR count). The number of hydrogen-bond donors (Lipinski definition) is 0. The molecule has 5 heteroatoms. The van der Waals surface area contributed by atoms with E-state index in [1.165, 1.54) is 16.0 Å². The predicted molar refractivity (Wildman–Crippen MR) is 107 cm³/mol. The van der Waals surface area contributed by atoms with Crippen molar-refractivity contribution in [3.8, 4) is 0 Å². The topological polar surface area (TPSA) is 12.9 Å². The fraction of sp³-hybridized carbons (Fsp3) is 0.211. The van der Waals surface area contributed by atoms with Crippen LogP contribution in [0.3, 0.4) is 0 Å². The molecule has 0 saturated carbocycles. The van der Waals surface area contributed by atoms with Gasteiger partial charge in [-0.05, 0) is 43.2 Å². The molecule has 0 amide bonds. The smallest absolute Gasteiger partial charge is 0.0972 e. The van der Waals surface area contributed by atoms with Crippen molar-refractivity contribution >= 4 is 46.3 Å². The second-order valence-corrected chi connectivity index (χ2v) is 8.49. The Labute approximate surface area is 161 Å². The van der Waals surface area contributed by atoms with Crippen LogP contribution < -0.4 is 0 Å². The van der Waals surface area contributed by atoms with Gasteiger partial charge in [0.1, 0.15) is 0 Å². The molecule has 0 spiro atoms. The molecule has 0 atom stereocenters. The van der Waals surface area contributed by atoms with E-state index in [9.17, 15) is 0 Å². The van der Waals surface area contributed by atoms with Crippen molar-refractivity contribution < 1.29 is 0 Å². The van der Waals surface area contributed by atoms with E-state index in [2.05, 4.69) is 37.4 Å². The minimum Gasteiger partial charge on any atom is -0.245 e. The van der Waals surface area contributed by atoms with E-state index in [1.807, 2.05) is 30.0 Å². The van der Waals surface area contributed by atoms with Gasteiger partial charge in [-0.1, -0.05) is 47.0 Å². The van der Waals surface area contributed by atoms with Crippen LogP contribution in [0.4, 0.5) is 0 Å². The fourth-order valence-electron chi connectivity index (χ4n) is 2.34. The predicted octanol–water partition coefficient (Wildman–Crippen LogP) is 6.95. The molecule has 0 saturated heterocycles. The molecule has 1 nitrogen and oxygen atoms in total. The van der Waals surface area contributed by atoms with Crippen LogP contribution in [0.25, 0.3) is 0 Å². The fourth-order valence-corrected chi connectivity index (χ4v) is 4.61. The number of nitrogens with zero attached hydrogens (tertiary/aromatic N) is 1. The van der Waals surface area contributed by atoms with Crippen LogP contribution in [-0.4, -0.2) is 4.98 Å². The number of aryl methyl sites for hydroxylation is 2. The molecule has 0 aliphatic heterocycles. The average Bonchev–Trinajstić information content (AvgIpc) is 2.99. The highest BCUT2D eigenvalue weighted by molar-refractivity contribution is 7.98. The van der Waals surface area contributed by atoms with Crippen molar-refractivity contribution in [1.29, 1.82) is 0 Å². The number of thiazole rings is 1. The number of thioether (sulfide) groups is 1. The maximum absolute atomic E-state index is 6.08. The van der Waals surface area contributed by atoms with Crippen LogP contribution in [0.5, 0.6) is 0 Å². The lowest BCUT2D eigenvalue weighted by Gasteiger charge is -2.05. The first-order valence-corrected chi connectivity index (χ1v) is 10.2. The molecule has 0 N–H and O–H groups in total. The standard InChI is InChI=1S/C19H17Cl2NS2/c1-12-3-4-13(2)18(7-12)23-10-15-11-24-19(22-15)9-14-5-6-16(20)17(21)8-14/h3-8,11H,9-10H2,1-2H3. The Kier molecular flexibility index (Phi) is 5.88. The number of aromatic nitrogens is 1. The van der Waals surface area contributed by atoms with Gasteiger partial charge < -0.3 is 0 Å². The number of halogens is 2. The summed E-state index contributed by atoms with van der Waals surface area (Å²) in [6, 6.07) is 12.3. The highest BCUT2D eigenvalue weighted by Gasteiger charge is 2.07. The second-order valence-electron chi connectivity index (χ2n) is 5.72. The summed E-state index contributed by atoms with van der Waals surface area (Å²) in [5.74, 6) is 0.891. The van der Waals surface area contributed by atoms with Crippen LogP contribution in [0.15, 0.2) is 46.7 Å². The summed E-state index contributed by atoms with van der Waals surface area (Å²) in [4.78, 5) is 6.07. The van der Waals surface area contributed by atoms with E-state index in [4.69, 9.17) is 28.2 Å². The minimum atomic E-state index is 0.588. The zero-order valence-corrected chi connectivity index (χ0v) is 16.6. The summed E-state index contributed by atoms with van der Waals surface area (Å²) >= 11 is 15.6. The third kappa shape index (κ3) is 4.54. The van der Waals surface area contributed by atoms with Gasteiger partial charge in [-0.15, -0.1) is 23.1 Å². The van der Waals surface area contributed by atoms with Crippen LogP contribution in [-0.2, 0) is 12.2 Å². The van der Waals surface area contributed by atoms with Crippen molar-refractivity contribution in [3.63, 3.8) is 0 Å². The Morgan fingerprint density at radius 1 is 1.04 bits per heavy atom. The minimum absolute atomic E-state index is 0.588. The van der Waals surface area contributed by atoms with Gasteiger partial charge in [-0.2, -0.15) is 0 Å². The van der Waals surface area contributed by atoms with Gasteiger partial charge in [0.15, 0.2) is 0 Å². The highest BCUT2D eigenvalue weighted by atomic mass is 35.5. The van der Waals surface area contributed by atoms with Crippen LogP contribution >= 0.6 is 46.3 Å². The Bertz CT molecular complexity index is 858. The van der Waals surface area contributed by atoms with E-state index in [-0.39, 0.29) is 0 Å². The van der Waals surface area contributed by atoms with Crippen molar-refractivity contribution in [2.75, 3.05) is 0 Å². The van der Waals surface area contributed by atoms with Gasteiger partial charge in [0, 0.05) is 22.4 Å². The number of hydrogen-bond acceptors (Lipinski definition) is 3. The van der Waals surface area contributed by atoms with Crippen LogP contribution in [0.1, 0.15) is 27.4 Å². The largest absolute Gasteiger partial charge is 0.245 e. The lowest BCUT2D eigenvalue weighted by molar-refractivity contribution is 1.09. The highest BCUT2D eigenvalue weighted by Crippen LogP contribution is 2.28. The summed E-state index contributed by atoms with van der Waals surface area (Å²) in [7, 11) is 0. The Morgan fingerprint density at radius 2 is 1.88 bits per heavy atom. The van der Waals surface area contributed by atoms with Gasteiger partial charge >= 0.3 is 0 Å². The zero-order valence-electron chi connectivity index (χ0n) is 13.5. The molecule has 2 aromatic carbocycles. The molecule has 24 heavy (non-hydrogen) atoms. The van der Waals surface area contributed by atoms with Gasteiger partial charge in [-0.3, -0.25) is 0 Å². The molecule has 0 fully saturated rings. The Balaban J connectivity index is 1.65. The van der Waals surface area contributed by atoms with Gasteiger partial charge in [0.05, 0.1) is 20.7 Å². The molecule has 0 radical (unpaired) electrons. The summed E-state index contributed by atoms with van der Waals surface area (Å²) in [6.07, 6.45) is 0.787. The maximum atomic E-state index is 6.08. The second kappa shape index (κ2) is 7.92. The van der Waals surface area contributed by atoms with Gasteiger partial charge in [0.2, 0.25) is 0 Å². The molecule has 0 aliphatic carbocycles. The number of benzene rings is 2. The molecular weight excluding hydrogens is 377 g/mol. The summed E-state index contributed by atoms with van der Waals surface area (Å²) in [5, 5.41) is 4.43. The summed E-state index contributed by atoms with van der Waals surface area (Å²) in [5.41, 5.74) is 4.87. The van der Waals surface area contributed by atoms with Gasteiger partial charge in [-0.25, -0.2) is 4.98 Å². The lowest BCUT2D eigenvalue weighted by Crippen LogP contribution is -1.89. The van der Waals surface area contributed by atoms with E-state index < -0.39 is 0 Å². The first kappa shape index (κ1) is 17.8. The van der Waals surface area contributed by atoms with E-state index in [1.54, 1.807) is 11.3 Å². The molecule has 124 valence electrons. The van der Waals surface area contributed by atoms with Gasteiger partial charge in [0.25, 0.3) is 0 Å². The van der Waals surface area contributed by atoms with Crippen molar-refractivity contribution in [2.45, 2.75) is 30.9 Å². The molecular formula is C19H17Cl2NS2. The Hall–Kier alpha value is -1.00. The van der Waals surface area contributed by atoms with E-state index in [0.29, 0.717) is 10.0 Å². The molecule has 0 bridgehead atoms. The third-order valence-corrected chi connectivity index (χ3v) is 6.49. The van der Waals surface area contributed by atoms with E-state index >= 15 is 0 Å². The molecule has 1 heterocycles. The van der Waals surface area contributed by atoms with Crippen molar-refractivity contribution in [1.82, 2.24) is 4.98 Å². The number of rotatable bonds is 5. The molecule has 3 aromatic rings. The van der Waals surface area contributed by atoms with E-state index in [0.717, 1.165) is 28.4 Å². The van der Waals surface area contributed by atoms with Crippen molar-refractivity contribution in [3.05, 3.63) is 79.2 Å². The van der Waals surface area contributed by atoms with Crippen molar-refractivity contribution in [2.24, 2.45) is 0 Å². The average molecular weight is 394 g/mol. The quantitative estimate of drug-likeness (QED) is 0.434. The maximum Gasteiger partial charge on any atom is 0.0972 e. The van der Waals surface area contributed by atoms with Crippen LogP contribution in [0.2, 0.25) is 10.0 Å².